The van der Waals surface area contributed by atoms with Gasteiger partial charge in [-0.05, 0) is 82.7 Å². The molecule has 3 fully saturated rings. The van der Waals surface area contributed by atoms with E-state index in [0.29, 0.717) is 12.5 Å². The number of hydrogen-bond acceptors (Lipinski definition) is 5. The quantitative estimate of drug-likeness (QED) is 0.534. The summed E-state index contributed by atoms with van der Waals surface area (Å²) in [6.07, 6.45) is 9.27. The van der Waals surface area contributed by atoms with Crippen molar-refractivity contribution in [2.75, 3.05) is 39.2 Å². The van der Waals surface area contributed by atoms with Crippen LogP contribution in [0.2, 0.25) is 0 Å². The highest BCUT2D eigenvalue weighted by molar-refractivity contribution is 5.96. The van der Waals surface area contributed by atoms with Gasteiger partial charge in [0.15, 0.2) is 0 Å². The number of methoxy groups -OCH3 is 1. The minimum atomic E-state index is -0.464. The lowest BCUT2D eigenvalue weighted by atomic mass is 9.68. The average molecular weight is 491 g/mol. The fourth-order valence-corrected chi connectivity index (χ4v) is 6.54. The van der Waals surface area contributed by atoms with Gasteiger partial charge in [-0.25, -0.2) is 14.6 Å². The number of amides is 2. The highest BCUT2D eigenvalue weighted by atomic mass is 16.5. The number of anilines is 1. The predicted octanol–water partition coefficient (Wildman–Crippen LogP) is 4.99. The zero-order chi connectivity index (χ0) is 25.5. The molecule has 5 rings (SSSR count). The topological polar surface area (TPSA) is 66.0 Å². The highest BCUT2D eigenvalue weighted by Crippen LogP contribution is 2.50. The SMILES string of the molecule is COC(=O)c1cc(C)c(N2CC3(CCC(c4ccccc4)(N(C)C)CC3)N(CC3CCC3)C2=O)cn1. The molecule has 2 amide bonds. The van der Waals surface area contributed by atoms with E-state index in [1.807, 2.05) is 11.8 Å². The van der Waals surface area contributed by atoms with Crippen LogP contribution in [0, 0.1) is 12.8 Å². The van der Waals surface area contributed by atoms with E-state index in [1.165, 1.54) is 31.9 Å². The molecule has 192 valence electrons. The molecule has 0 N–H and O–H groups in total. The van der Waals surface area contributed by atoms with Crippen molar-refractivity contribution in [1.82, 2.24) is 14.8 Å². The number of benzene rings is 1. The minimum Gasteiger partial charge on any atom is -0.464 e. The Morgan fingerprint density at radius 2 is 1.83 bits per heavy atom. The summed E-state index contributed by atoms with van der Waals surface area (Å²) in [5.74, 6) is 0.134. The van der Waals surface area contributed by atoms with Gasteiger partial charge in [0.25, 0.3) is 0 Å². The van der Waals surface area contributed by atoms with E-state index in [-0.39, 0.29) is 22.8 Å². The van der Waals surface area contributed by atoms with Crippen LogP contribution >= 0.6 is 0 Å². The predicted molar refractivity (Wildman–Crippen MR) is 140 cm³/mol. The molecule has 2 aliphatic carbocycles. The molecule has 1 aliphatic heterocycles. The maximum atomic E-state index is 14.0. The third-order valence-electron chi connectivity index (χ3n) is 9.10. The second-order valence-corrected chi connectivity index (χ2v) is 11.1. The van der Waals surface area contributed by atoms with Crippen LogP contribution in [0.15, 0.2) is 42.6 Å². The molecule has 0 radical (unpaired) electrons. The first-order chi connectivity index (χ1) is 17.3. The first kappa shape index (κ1) is 24.8. The monoisotopic (exact) mass is 490 g/mol. The Morgan fingerprint density at radius 3 is 2.39 bits per heavy atom. The average Bonchev–Trinajstić information content (AvgIpc) is 3.12. The van der Waals surface area contributed by atoms with Crippen molar-refractivity contribution >= 4 is 17.7 Å². The normalized spacial score (nSPS) is 26.5. The summed E-state index contributed by atoms with van der Waals surface area (Å²) in [6, 6.07) is 12.6. The molecule has 1 saturated heterocycles. The zero-order valence-corrected chi connectivity index (χ0v) is 22.0. The number of urea groups is 1. The van der Waals surface area contributed by atoms with Gasteiger partial charge in [0.2, 0.25) is 0 Å². The molecular weight excluding hydrogens is 452 g/mol. The molecule has 3 aliphatic rings. The summed E-state index contributed by atoms with van der Waals surface area (Å²) in [4.78, 5) is 36.8. The molecule has 1 aromatic heterocycles. The van der Waals surface area contributed by atoms with Crippen LogP contribution in [0.3, 0.4) is 0 Å². The fourth-order valence-electron chi connectivity index (χ4n) is 6.54. The van der Waals surface area contributed by atoms with Crippen molar-refractivity contribution in [3.8, 4) is 0 Å². The van der Waals surface area contributed by atoms with E-state index in [0.717, 1.165) is 43.5 Å². The third kappa shape index (κ3) is 4.07. The number of esters is 1. The van der Waals surface area contributed by atoms with E-state index in [9.17, 15) is 9.59 Å². The van der Waals surface area contributed by atoms with E-state index >= 15 is 0 Å². The Labute approximate surface area is 214 Å². The summed E-state index contributed by atoms with van der Waals surface area (Å²) >= 11 is 0. The van der Waals surface area contributed by atoms with Crippen molar-refractivity contribution < 1.29 is 14.3 Å². The maximum Gasteiger partial charge on any atom is 0.356 e. The number of carbonyl (C=O) groups is 2. The number of carbonyl (C=O) groups excluding carboxylic acids is 2. The van der Waals surface area contributed by atoms with Gasteiger partial charge in [0.05, 0.1) is 31.1 Å². The molecule has 36 heavy (non-hydrogen) atoms. The number of nitrogens with zero attached hydrogens (tertiary/aromatic N) is 4. The van der Waals surface area contributed by atoms with Crippen molar-refractivity contribution in [2.24, 2.45) is 5.92 Å². The Hall–Kier alpha value is -2.93. The van der Waals surface area contributed by atoms with Gasteiger partial charge >= 0.3 is 12.0 Å². The number of rotatable bonds is 6. The van der Waals surface area contributed by atoms with Crippen molar-refractivity contribution in [1.29, 1.82) is 0 Å². The van der Waals surface area contributed by atoms with Gasteiger partial charge in [-0.15, -0.1) is 0 Å². The van der Waals surface area contributed by atoms with Crippen LogP contribution < -0.4 is 4.90 Å². The number of aromatic nitrogens is 1. The van der Waals surface area contributed by atoms with Crippen molar-refractivity contribution in [2.45, 2.75) is 62.9 Å². The van der Waals surface area contributed by atoms with Crippen LogP contribution in [0.4, 0.5) is 10.5 Å². The van der Waals surface area contributed by atoms with Crippen molar-refractivity contribution in [3.63, 3.8) is 0 Å². The van der Waals surface area contributed by atoms with Gasteiger partial charge in [-0.1, -0.05) is 36.8 Å². The molecule has 0 atom stereocenters. The molecule has 2 aromatic rings. The number of pyridine rings is 1. The Bertz CT molecular complexity index is 1120. The summed E-state index contributed by atoms with van der Waals surface area (Å²) in [5, 5.41) is 0. The molecule has 2 saturated carbocycles. The smallest absolute Gasteiger partial charge is 0.356 e. The first-order valence-corrected chi connectivity index (χ1v) is 13.2. The number of aryl methyl sites for hydroxylation is 1. The van der Waals surface area contributed by atoms with E-state index < -0.39 is 5.97 Å². The highest BCUT2D eigenvalue weighted by Gasteiger charge is 2.55. The van der Waals surface area contributed by atoms with E-state index in [1.54, 1.807) is 12.3 Å². The molecule has 0 unspecified atom stereocenters. The van der Waals surface area contributed by atoms with Gasteiger partial charge in [0.1, 0.15) is 5.69 Å². The third-order valence-corrected chi connectivity index (χ3v) is 9.10. The minimum absolute atomic E-state index is 0.0231. The second-order valence-electron chi connectivity index (χ2n) is 11.1. The van der Waals surface area contributed by atoms with Crippen LogP contribution in [0.5, 0.6) is 0 Å². The fraction of sp³-hybridized carbons (Fsp3) is 0.552. The Balaban J connectivity index is 1.45. The van der Waals surface area contributed by atoms with E-state index in [2.05, 4.69) is 59.2 Å². The molecule has 1 spiro atoms. The van der Waals surface area contributed by atoms with Gasteiger partial charge in [-0.2, -0.15) is 0 Å². The lowest BCUT2D eigenvalue weighted by Crippen LogP contribution is -2.56. The molecule has 2 heterocycles. The number of ether oxygens (including phenoxy) is 1. The molecule has 0 bridgehead atoms. The van der Waals surface area contributed by atoms with Crippen LogP contribution in [-0.4, -0.2) is 66.6 Å². The van der Waals surface area contributed by atoms with Crippen LogP contribution in [0.25, 0.3) is 0 Å². The van der Waals surface area contributed by atoms with Crippen molar-refractivity contribution in [3.05, 3.63) is 59.4 Å². The summed E-state index contributed by atoms with van der Waals surface area (Å²) < 4.78 is 4.83. The molecule has 7 heteroatoms. The zero-order valence-electron chi connectivity index (χ0n) is 22.0. The first-order valence-electron chi connectivity index (χ1n) is 13.2. The second kappa shape index (κ2) is 9.51. The Morgan fingerprint density at radius 1 is 1.14 bits per heavy atom. The Kier molecular flexibility index (Phi) is 6.54. The lowest BCUT2D eigenvalue weighted by Gasteiger charge is -2.51. The lowest BCUT2D eigenvalue weighted by molar-refractivity contribution is 0.0172. The molecule has 1 aromatic carbocycles. The number of hydrogen-bond donors (Lipinski definition) is 0. The van der Waals surface area contributed by atoms with Gasteiger partial charge in [-0.3, -0.25) is 9.80 Å². The van der Waals surface area contributed by atoms with Gasteiger partial charge < -0.3 is 9.64 Å². The summed E-state index contributed by atoms with van der Waals surface area (Å²) in [5.41, 5.74) is 3.06. The molecular formula is C29H38N4O3. The molecule has 7 nitrogen and oxygen atoms in total. The summed E-state index contributed by atoms with van der Waals surface area (Å²) in [7, 11) is 5.72. The maximum absolute atomic E-state index is 14.0. The van der Waals surface area contributed by atoms with Gasteiger partial charge in [0, 0.05) is 12.1 Å². The van der Waals surface area contributed by atoms with Crippen LogP contribution in [-0.2, 0) is 10.3 Å². The standard InChI is InChI=1S/C29H38N4O3/c1-21-17-24(26(34)36-4)30-18-25(21)32-20-28(33(27(32)35)19-22-9-8-10-22)13-15-29(16-14-28,31(2)3)23-11-6-5-7-12-23/h5-7,11-12,17-18,22H,8-10,13-16,19-20H2,1-4H3. The largest absolute Gasteiger partial charge is 0.464 e. The van der Waals surface area contributed by atoms with E-state index in [4.69, 9.17) is 4.74 Å². The summed E-state index contributed by atoms with van der Waals surface area (Å²) in [6.45, 7) is 3.44. The van der Waals surface area contributed by atoms with Crippen LogP contribution in [0.1, 0.15) is 66.6 Å².